The average Bonchev–Trinajstić information content (AvgIpc) is 3.84. The number of carbonyl (C=O) groups excluding carboxylic acids is 5. The van der Waals surface area contributed by atoms with E-state index in [2.05, 4.69) is 37.3 Å². The number of nitrogens with two attached hydrogens (primary N) is 3. The third-order valence-electron chi connectivity index (χ3n) is 11.9. The van der Waals surface area contributed by atoms with Crippen molar-refractivity contribution < 1.29 is 33.4 Å². The van der Waals surface area contributed by atoms with E-state index in [4.69, 9.17) is 26.7 Å². The van der Waals surface area contributed by atoms with Crippen molar-refractivity contribution in [3.8, 4) is 40.1 Å². The third kappa shape index (κ3) is 12.2. The summed E-state index contributed by atoms with van der Waals surface area (Å²) in [7, 11) is 1.42. The van der Waals surface area contributed by atoms with Gasteiger partial charge in [0.05, 0.1) is 23.0 Å². The zero-order chi connectivity index (χ0) is 48.9. The van der Waals surface area contributed by atoms with Crippen LogP contribution in [-0.2, 0) is 25.6 Å². The van der Waals surface area contributed by atoms with E-state index < -0.39 is 53.7 Å². The van der Waals surface area contributed by atoms with Gasteiger partial charge in [-0.3, -0.25) is 24.0 Å². The number of aromatic nitrogens is 2. The van der Waals surface area contributed by atoms with E-state index in [0.29, 0.717) is 51.0 Å². The van der Waals surface area contributed by atoms with Gasteiger partial charge in [-0.15, -0.1) is 0 Å². The number of hydrogen-bond donors (Lipinski definition) is 7. The van der Waals surface area contributed by atoms with Crippen molar-refractivity contribution in [1.82, 2.24) is 36.1 Å². The second kappa shape index (κ2) is 23.5. The number of carbonyl (C=O) groups is 5. The molecule has 3 aromatic carbocycles. The van der Waals surface area contributed by atoms with E-state index in [9.17, 15) is 29.2 Å². The minimum Gasteiger partial charge on any atom is -0.492 e. The molecule has 4 bridgehead atoms. The molecule has 68 heavy (non-hydrogen) atoms. The fourth-order valence-electron chi connectivity index (χ4n) is 8.47. The number of nitrogens with zero attached hydrogens (tertiary/aromatic N) is 4. The molecule has 2 heterocycles. The summed E-state index contributed by atoms with van der Waals surface area (Å²) in [6.45, 7) is 5.22. The number of nitrogens with one attached hydrogen (secondary N) is 4. The summed E-state index contributed by atoms with van der Waals surface area (Å²) >= 11 is 0. The molecule has 4 aromatic rings. The van der Waals surface area contributed by atoms with Crippen molar-refractivity contribution >= 4 is 35.6 Å². The molecule has 1 aliphatic heterocycles. The molecule has 0 spiro atoms. The van der Waals surface area contributed by atoms with Gasteiger partial charge in [-0.25, -0.2) is 9.97 Å². The van der Waals surface area contributed by atoms with Gasteiger partial charge in [-0.2, -0.15) is 5.26 Å². The molecule has 6 rings (SSSR count). The molecule has 10 N–H and O–H groups in total. The molecule has 1 aromatic heterocycles. The minimum absolute atomic E-state index is 0.00102. The number of ether oxygens (including phenoxy) is 2. The van der Waals surface area contributed by atoms with Crippen LogP contribution < -0.4 is 47.9 Å². The number of aryl methyl sites for hydroxylation is 2. The zero-order valence-electron chi connectivity index (χ0n) is 39.0. The van der Waals surface area contributed by atoms with Gasteiger partial charge in [0.2, 0.25) is 23.6 Å². The maximum atomic E-state index is 14.8. The molecule has 0 saturated heterocycles. The van der Waals surface area contributed by atoms with Crippen LogP contribution in [0.5, 0.6) is 11.5 Å². The van der Waals surface area contributed by atoms with Gasteiger partial charge >= 0.3 is 0 Å². The summed E-state index contributed by atoms with van der Waals surface area (Å²) in [6, 6.07) is 15.0. The van der Waals surface area contributed by atoms with Gasteiger partial charge in [0.25, 0.3) is 5.91 Å². The standard InChI is InChI=1S/C50H61N11O7/c1-29-43(30(2)57-45(56-29)35-12-9-33(10-13-35)25-32-7-5-6-8-32)48(64)59-39(17-18-51)50(66)61(4)44-36-14-16-42(68-24-21-54)38(28-36)37-26-34(11-15-41(37)67-23-20-53)27-40(47(63)55-22-19-52)60-46(62)31(3)58-49(44)65/h9-16,25-26,28,31,39-40,44H,5-8,17-18,20-24,27,51,53-54H2,1-4H3,(H,55,63)(H,58,65)(H,59,64)(H,60,62)/t31-,39-,40-,44-/m0/s1. The predicted octanol–water partition coefficient (Wildman–Crippen LogP) is 2.89. The van der Waals surface area contributed by atoms with E-state index in [0.717, 1.165) is 24.0 Å². The number of rotatable bonds is 16. The van der Waals surface area contributed by atoms with Crippen LogP contribution in [0.25, 0.3) is 28.6 Å². The normalized spacial score (nSPS) is 17.4. The Morgan fingerprint density at radius 3 is 2.13 bits per heavy atom. The Morgan fingerprint density at radius 1 is 0.882 bits per heavy atom. The lowest BCUT2D eigenvalue weighted by Crippen LogP contribution is -2.56. The number of fused-ring (bicyclic) bond motifs is 5. The lowest BCUT2D eigenvalue weighted by Gasteiger charge is -2.32. The van der Waals surface area contributed by atoms with Crippen LogP contribution in [0.4, 0.5) is 0 Å². The molecule has 4 atom stereocenters. The first-order valence-corrected chi connectivity index (χ1v) is 22.9. The summed E-state index contributed by atoms with van der Waals surface area (Å²) in [5.74, 6) is -2.10. The van der Waals surface area contributed by atoms with Crippen LogP contribution >= 0.6 is 0 Å². The molecule has 1 saturated carbocycles. The molecule has 18 nitrogen and oxygen atoms in total. The highest BCUT2D eigenvalue weighted by Gasteiger charge is 2.36. The molecule has 358 valence electrons. The summed E-state index contributed by atoms with van der Waals surface area (Å²) in [5.41, 5.74) is 24.0. The SMILES string of the molecule is Cc1nc(-c2ccc(C=C3CCCC3)cc2)nc(C)c1C(=O)N[C@@H](CCN)C(=O)N(C)[C@@H]1C(=O)N[C@@H](C)C(=O)N[C@H](C(=O)NCC#N)Cc2ccc(OCCN)c(c2)-c2cc1ccc2OCCN. The average molecular weight is 928 g/mol. The lowest BCUT2D eigenvalue weighted by molar-refractivity contribution is -0.141. The second-order valence-corrected chi connectivity index (χ2v) is 16.9. The van der Waals surface area contributed by atoms with Crippen LogP contribution in [0.1, 0.15) is 83.5 Å². The molecular weight excluding hydrogens is 867 g/mol. The van der Waals surface area contributed by atoms with E-state index in [1.54, 1.807) is 50.2 Å². The van der Waals surface area contributed by atoms with Crippen molar-refractivity contribution in [1.29, 1.82) is 5.26 Å². The van der Waals surface area contributed by atoms with E-state index in [1.165, 1.54) is 37.3 Å². The van der Waals surface area contributed by atoms with Crippen molar-refractivity contribution in [3.63, 3.8) is 0 Å². The first-order valence-electron chi connectivity index (χ1n) is 22.9. The molecule has 0 unspecified atom stereocenters. The van der Waals surface area contributed by atoms with Gasteiger partial charge in [0, 0.05) is 43.2 Å². The van der Waals surface area contributed by atoms with Gasteiger partial charge in [-0.05, 0) is 100 Å². The molecule has 2 aliphatic rings. The Bertz CT molecular complexity index is 2540. The molecular formula is C50H61N11O7. The first kappa shape index (κ1) is 50.2. The van der Waals surface area contributed by atoms with Crippen LogP contribution in [0, 0.1) is 25.2 Å². The fourth-order valence-corrected chi connectivity index (χ4v) is 8.47. The summed E-state index contributed by atoms with van der Waals surface area (Å²) < 4.78 is 12.2. The number of allylic oxidation sites excluding steroid dienone is 1. The third-order valence-corrected chi connectivity index (χ3v) is 11.9. The first-order chi connectivity index (χ1) is 32.8. The van der Waals surface area contributed by atoms with Crippen LogP contribution in [0.2, 0.25) is 0 Å². The molecule has 18 heteroatoms. The highest BCUT2D eigenvalue weighted by molar-refractivity contribution is 6.00. The summed E-state index contributed by atoms with van der Waals surface area (Å²) in [6.07, 6.45) is 6.91. The quantitative estimate of drug-likeness (QED) is 0.0798. The Morgan fingerprint density at radius 2 is 1.51 bits per heavy atom. The van der Waals surface area contributed by atoms with Gasteiger partial charge in [0.1, 0.15) is 55.4 Å². The molecule has 0 radical (unpaired) electrons. The number of amides is 5. The van der Waals surface area contributed by atoms with Gasteiger partial charge in [0.15, 0.2) is 5.82 Å². The van der Waals surface area contributed by atoms with E-state index >= 15 is 0 Å². The van der Waals surface area contributed by atoms with Gasteiger partial charge in [-0.1, -0.05) is 48.0 Å². The highest BCUT2D eigenvalue weighted by Crippen LogP contribution is 2.40. The molecule has 1 aliphatic carbocycles. The zero-order valence-corrected chi connectivity index (χ0v) is 39.0. The topological polar surface area (TPSA) is 283 Å². The Labute approximate surface area is 396 Å². The van der Waals surface area contributed by atoms with E-state index in [1.807, 2.05) is 30.3 Å². The lowest BCUT2D eigenvalue weighted by atomic mass is 9.93. The van der Waals surface area contributed by atoms with Crippen LogP contribution in [0.15, 0.2) is 66.2 Å². The van der Waals surface area contributed by atoms with Crippen molar-refractivity contribution in [2.24, 2.45) is 17.2 Å². The monoisotopic (exact) mass is 927 g/mol. The van der Waals surface area contributed by atoms with Crippen LogP contribution in [-0.4, -0.2) is 109 Å². The number of nitriles is 1. The minimum atomic E-state index is -1.40. The molecule has 5 amide bonds. The van der Waals surface area contributed by atoms with Crippen molar-refractivity contribution in [2.45, 2.75) is 83.5 Å². The fraction of sp³-hybridized carbons (Fsp3) is 0.400. The number of benzene rings is 3. The highest BCUT2D eigenvalue weighted by atomic mass is 16.5. The number of hydrogen-bond acceptors (Lipinski definition) is 13. The largest absolute Gasteiger partial charge is 0.492 e. The maximum Gasteiger partial charge on any atom is 0.255 e. The molecule has 1 fully saturated rings. The second-order valence-electron chi connectivity index (χ2n) is 16.9. The number of likely N-dealkylation sites (N-methyl/N-ethyl adjacent to an activating group) is 1. The summed E-state index contributed by atoms with van der Waals surface area (Å²) in [5, 5.41) is 20.0. The van der Waals surface area contributed by atoms with Crippen LogP contribution in [0.3, 0.4) is 0 Å². The Hall–Kier alpha value is -7.20. The predicted molar refractivity (Wildman–Crippen MR) is 257 cm³/mol. The van der Waals surface area contributed by atoms with Crippen molar-refractivity contribution in [3.05, 3.63) is 99.9 Å². The van der Waals surface area contributed by atoms with Gasteiger partial charge < -0.3 is 52.8 Å². The smallest absolute Gasteiger partial charge is 0.255 e. The van der Waals surface area contributed by atoms with Crippen molar-refractivity contribution in [2.75, 3.05) is 46.4 Å². The maximum absolute atomic E-state index is 14.8. The van der Waals surface area contributed by atoms with E-state index in [-0.39, 0.29) is 57.8 Å². The Kier molecular flexibility index (Phi) is 17.4. The Balaban J connectivity index is 1.36. The summed E-state index contributed by atoms with van der Waals surface area (Å²) in [4.78, 5) is 81.2.